The predicted octanol–water partition coefficient (Wildman–Crippen LogP) is -0.684. The van der Waals surface area contributed by atoms with Gasteiger partial charge in [0.15, 0.2) is 0 Å². The Bertz CT molecular complexity index is 210. The van der Waals surface area contributed by atoms with Crippen molar-refractivity contribution < 1.29 is 24.5 Å². The molecule has 82 valence electrons. The van der Waals surface area contributed by atoms with Gasteiger partial charge in [0.1, 0.15) is 12.2 Å². The molecule has 1 fully saturated rings. The van der Waals surface area contributed by atoms with Gasteiger partial charge in [-0.05, 0) is 0 Å². The first-order valence-electron chi connectivity index (χ1n) is 4.42. The SMILES string of the molecule is CCC(=O)O[C@@H]1O[C@H](CS)[C@@H](O)[C@H]1O. The lowest BCUT2D eigenvalue weighted by Gasteiger charge is -2.14. The van der Waals surface area contributed by atoms with Crippen molar-refractivity contribution in [3.05, 3.63) is 0 Å². The fourth-order valence-corrected chi connectivity index (χ4v) is 1.48. The van der Waals surface area contributed by atoms with E-state index in [0.29, 0.717) is 0 Å². The molecule has 0 aliphatic carbocycles. The smallest absolute Gasteiger partial charge is 0.307 e. The Morgan fingerprint density at radius 2 is 2.14 bits per heavy atom. The Morgan fingerprint density at radius 1 is 1.50 bits per heavy atom. The van der Waals surface area contributed by atoms with Crippen molar-refractivity contribution in [3.8, 4) is 0 Å². The van der Waals surface area contributed by atoms with Crippen LogP contribution in [0, 0.1) is 0 Å². The standard InChI is InChI=1S/C8H14O5S/c1-2-5(9)13-8-7(11)6(10)4(3-14)12-8/h4,6-8,10-11,14H,2-3H2,1H3/t4-,6-,7-,8+/m1/s1. The summed E-state index contributed by atoms with van der Waals surface area (Å²) >= 11 is 3.93. The molecule has 1 saturated heterocycles. The monoisotopic (exact) mass is 222 g/mol. The van der Waals surface area contributed by atoms with Gasteiger partial charge in [-0.2, -0.15) is 12.6 Å². The van der Waals surface area contributed by atoms with Gasteiger partial charge >= 0.3 is 5.97 Å². The van der Waals surface area contributed by atoms with Crippen LogP contribution in [-0.4, -0.2) is 46.5 Å². The van der Waals surface area contributed by atoms with Crippen LogP contribution in [-0.2, 0) is 14.3 Å². The normalized spacial score (nSPS) is 37.1. The van der Waals surface area contributed by atoms with Crippen molar-refractivity contribution in [2.45, 2.75) is 37.9 Å². The zero-order chi connectivity index (χ0) is 10.7. The first-order chi connectivity index (χ1) is 6.60. The summed E-state index contributed by atoms with van der Waals surface area (Å²) in [5.74, 6) is -0.209. The molecule has 0 unspecified atom stereocenters. The van der Waals surface area contributed by atoms with E-state index in [-0.39, 0.29) is 12.2 Å². The summed E-state index contributed by atoms with van der Waals surface area (Å²) in [4.78, 5) is 10.9. The number of carbonyl (C=O) groups excluding carboxylic acids is 1. The maximum Gasteiger partial charge on any atom is 0.307 e. The molecule has 0 aromatic heterocycles. The average molecular weight is 222 g/mol. The molecule has 14 heavy (non-hydrogen) atoms. The minimum absolute atomic E-state index is 0.203. The highest BCUT2D eigenvalue weighted by atomic mass is 32.1. The summed E-state index contributed by atoms with van der Waals surface area (Å²) in [5, 5.41) is 18.8. The van der Waals surface area contributed by atoms with Gasteiger partial charge < -0.3 is 19.7 Å². The minimum atomic E-state index is -1.19. The topological polar surface area (TPSA) is 76.0 Å². The first kappa shape index (κ1) is 11.8. The summed E-state index contributed by atoms with van der Waals surface area (Å²) in [5.41, 5.74) is 0. The van der Waals surface area contributed by atoms with Crippen LogP contribution in [0.4, 0.5) is 0 Å². The van der Waals surface area contributed by atoms with Crippen LogP contribution in [0.2, 0.25) is 0 Å². The molecule has 0 saturated carbocycles. The van der Waals surface area contributed by atoms with Gasteiger partial charge in [0.2, 0.25) is 6.29 Å². The van der Waals surface area contributed by atoms with Crippen molar-refractivity contribution in [3.63, 3.8) is 0 Å². The molecule has 1 aliphatic rings. The lowest BCUT2D eigenvalue weighted by Crippen LogP contribution is -2.34. The number of thiol groups is 1. The third-order valence-corrected chi connectivity index (χ3v) is 2.39. The van der Waals surface area contributed by atoms with Gasteiger partial charge in [0.05, 0.1) is 6.10 Å². The Hall–Kier alpha value is -0.300. The molecule has 0 aromatic rings. The Morgan fingerprint density at radius 3 is 2.57 bits per heavy atom. The molecule has 1 aliphatic heterocycles. The fraction of sp³-hybridized carbons (Fsp3) is 0.875. The molecule has 1 rings (SSSR count). The molecule has 0 spiro atoms. The number of esters is 1. The van der Waals surface area contributed by atoms with E-state index in [1.807, 2.05) is 0 Å². The zero-order valence-electron chi connectivity index (χ0n) is 7.79. The highest BCUT2D eigenvalue weighted by Gasteiger charge is 2.43. The molecule has 4 atom stereocenters. The second-order valence-corrected chi connectivity index (χ2v) is 3.42. The molecule has 0 bridgehead atoms. The van der Waals surface area contributed by atoms with Crippen LogP contribution in [0.25, 0.3) is 0 Å². The molecule has 5 nitrogen and oxygen atoms in total. The van der Waals surface area contributed by atoms with E-state index < -0.39 is 30.6 Å². The van der Waals surface area contributed by atoms with Gasteiger partial charge in [0, 0.05) is 12.2 Å². The number of carbonyl (C=O) groups is 1. The Labute approximate surface area is 87.4 Å². The second kappa shape index (κ2) is 4.97. The lowest BCUT2D eigenvalue weighted by molar-refractivity contribution is -0.186. The highest BCUT2D eigenvalue weighted by Crippen LogP contribution is 2.23. The summed E-state index contributed by atoms with van der Waals surface area (Å²) in [6.07, 6.45) is -3.71. The third kappa shape index (κ3) is 2.38. The first-order valence-corrected chi connectivity index (χ1v) is 5.05. The van der Waals surface area contributed by atoms with E-state index in [9.17, 15) is 15.0 Å². The van der Waals surface area contributed by atoms with E-state index in [0.717, 1.165) is 0 Å². The van der Waals surface area contributed by atoms with Crippen molar-refractivity contribution in [2.24, 2.45) is 0 Å². The fourth-order valence-electron chi connectivity index (χ4n) is 1.18. The molecule has 2 N–H and O–H groups in total. The predicted molar refractivity (Wildman–Crippen MR) is 50.9 cm³/mol. The van der Waals surface area contributed by atoms with E-state index in [1.165, 1.54) is 0 Å². The summed E-state index contributed by atoms with van der Waals surface area (Å²) in [6.45, 7) is 1.64. The summed E-state index contributed by atoms with van der Waals surface area (Å²) in [7, 11) is 0. The van der Waals surface area contributed by atoms with Crippen molar-refractivity contribution in [2.75, 3.05) is 5.75 Å². The van der Waals surface area contributed by atoms with E-state index >= 15 is 0 Å². The molecular formula is C8H14O5S. The van der Waals surface area contributed by atoms with Gasteiger partial charge in [-0.3, -0.25) is 4.79 Å². The van der Waals surface area contributed by atoms with E-state index in [2.05, 4.69) is 12.6 Å². The number of rotatable bonds is 3. The van der Waals surface area contributed by atoms with Crippen LogP contribution >= 0.6 is 12.6 Å². The quantitative estimate of drug-likeness (QED) is 0.435. The molecule has 0 radical (unpaired) electrons. The second-order valence-electron chi connectivity index (χ2n) is 3.05. The van der Waals surface area contributed by atoms with Gasteiger partial charge in [-0.15, -0.1) is 0 Å². The summed E-state index contributed by atoms with van der Waals surface area (Å²) in [6, 6.07) is 0. The number of ether oxygens (including phenoxy) is 2. The number of hydrogen-bond donors (Lipinski definition) is 3. The van der Waals surface area contributed by atoms with Gasteiger partial charge in [0.25, 0.3) is 0 Å². The Balaban J connectivity index is 2.52. The largest absolute Gasteiger partial charge is 0.433 e. The maximum absolute atomic E-state index is 10.9. The maximum atomic E-state index is 10.9. The Kier molecular flexibility index (Phi) is 4.18. The van der Waals surface area contributed by atoms with Crippen molar-refractivity contribution in [1.29, 1.82) is 0 Å². The molecule has 0 amide bonds. The lowest BCUT2D eigenvalue weighted by atomic mass is 10.1. The number of aliphatic hydroxyl groups is 2. The molecule has 0 aromatic carbocycles. The van der Waals surface area contributed by atoms with E-state index in [1.54, 1.807) is 6.92 Å². The number of hydrogen-bond acceptors (Lipinski definition) is 6. The highest BCUT2D eigenvalue weighted by molar-refractivity contribution is 7.80. The van der Waals surface area contributed by atoms with Crippen LogP contribution in [0.1, 0.15) is 13.3 Å². The van der Waals surface area contributed by atoms with Crippen LogP contribution in [0.5, 0.6) is 0 Å². The molecule has 1 heterocycles. The molecule has 6 heteroatoms. The van der Waals surface area contributed by atoms with Crippen LogP contribution < -0.4 is 0 Å². The van der Waals surface area contributed by atoms with Crippen LogP contribution in [0.3, 0.4) is 0 Å². The molecular weight excluding hydrogens is 208 g/mol. The number of aliphatic hydroxyl groups excluding tert-OH is 2. The van der Waals surface area contributed by atoms with Crippen molar-refractivity contribution in [1.82, 2.24) is 0 Å². The summed E-state index contributed by atoms with van der Waals surface area (Å²) < 4.78 is 9.86. The van der Waals surface area contributed by atoms with E-state index in [4.69, 9.17) is 9.47 Å². The van der Waals surface area contributed by atoms with Crippen LogP contribution in [0.15, 0.2) is 0 Å². The van der Waals surface area contributed by atoms with Gasteiger partial charge in [-0.25, -0.2) is 0 Å². The van der Waals surface area contributed by atoms with Gasteiger partial charge in [-0.1, -0.05) is 6.92 Å². The zero-order valence-corrected chi connectivity index (χ0v) is 8.68. The minimum Gasteiger partial charge on any atom is -0.433 e. The third-order valence-electron chi connectivity index (χ3n) is 2.03. The van der Waals surface area contributed by atoms with Crippen molar-refractivity contribution >= 4 is 18.6 Å². The average Bonchev–Trinajstić information content (AvgIpc) is 2.45.